The minimum atomic E-state index is -0.771. The molecule has 0 amide bonds. The standard InChI is InChI=1S/C13H12FNO3/c14-10-6-12-11(17-8-18-12)5-9(10)13(15-7-16)3-1-2-4-13/h5-6H,1-4,8H2. The number of ether oxygens (including phenoxy) is 2. The van der Waals surface area contributed by atoms with Gasteiger partial charge in [-0.05, 0) is 18.9 Å². The Balaban J connectivity index is 2.12. The fourth-order valence-electron chi connectivity index (χ4n) is 2.76. The molecule has 94 valence electrons. The van der Waals surface area contributed by atoms with Gasteiger partial charge in [-0.25, -0.2) is 9.18 Å². The smallest absolute Gasteiger partial charge is 0.235 e. The number of carbonyl (C=O) groups excluding carboxylic acids is 1. The van der Waals surface area contributed by atoms with Crippen molar-refractivity contribution < 1.29 is 18.7 Å². The summed E-state index contributed by atoms with van der Waals surface area (Å²) in [6, 6.07) is 2.90. The molecule has 5 heteroatoms. The Bertz CT molecular complexity index is 531. The molecule has 0 N–H and O–H groups in total. The number of benzene rings is 1. The van der Waals surface area contributed by atoms with Crippen LogP contribution in [0.5, 0.6) is 11.5 Å². The third kappa shape index (κ3) is 1.59. The quantitative estimate of drug-likeness (QED) is 0.598. The van der Waals surface area contributed by atoms with Crippen LogP contribution in [0, 0.1) is 5.82 Å². The zero-order chi connectivity index (χ0) is 12.6. The summed E-state index contributed by atoms with van der Waals surface area (Å²) in [6.07, 6.45) is 4.77. The Kier molecular flexibility index (Phi) is 2.56. The van der Waals surface area contributed by atoms with Crippen LogP contribution in [0.4, 0.5) is 4.39 Å². The summed E-state index contributed by atoms with van der Waals surface area (Å²) in [4.78, 5) is 14.5. The van der Waals surface area contributed by atoms with Gasteiger partial charge in [-0.2, -0.15) is 4.99 Å². The number of fused-ring (bicyclic) bond motifs is 1. The van der Waals surface area contributed by atoms with Gasteiger partial charge in [0.05, 0.1) is 0 Å². The average Bonchev–Trinajstić information content (AvgIpc) is 2.97. The number of rotatable bonds is 2. The van der Waals surface area contributed by atoms with Crippen molar-refractivity contribution in [3.63, 3.8) is 0 Å². The van der Waals surface area contributed by atoms with Crippen LogP contribution in [0.15, 0.2) is 17.1 Å². The summed E-state index contributed by atoms with van der Waals surface area (Å²) in [6.45, 7) is 0.0994. The predicted octanol–water partition coefficient (Wildman–Crippen LogP) is 2.66. The zero-order valence-corrected chi connectivity index (χ0v) is 9.74. The molecule has 1 aromatic carbocycles. The summed E-state index contributed by atoms with van der Waals surface area (Å²) in [5.74, 6) is 0.512. The van der Waals surface area contributed by atoms with Crippen LogP contribution in [-0.2, 0) is 10.3 Å². The van der Waals surface area contributed by atoms with E-state index in [1.165, 1.54) is 6.07 Å². The Morgan fingerprint density at radius 1 is 1.22 bits per heavy atom. The van der Waals surface area contributed by atoms with Gasteiger partial charge >= 0.3 is 0 Å². The highest BCUT2D eigenvalue weighted by Crippen LogP contribution is 2.46. The lowest BCUT2D eigenvalue weighted by molar-refractivity contribution is 0.173. The topological polar surface area (TPSA) is 47.9 Å². The molecule has 0 atom stereocenters. The highest BCUT2D eigenvalue weighted by atomic mass is 19.1. The van der Waals surface area contributed by atoms with E-state index >= 15 is 0 Å². The maximum Gasteiger partial charge on any atom is 0.235 e. The SMILES string of the molecule is O=C=NC1(c2cc3c(cc2F)OCO3)CCCC1. The molecular weight excluding hydrogens is 237 g/mol. The molecule has 1 fully saturated rings. The van der Waals surface area contributed by atoms with Gasteiger partial charge in [-0.3, -0.25) is 0 Å². The van der Waals surface area contributed by atoms with Crippen molar-refractivity contribution in [1.29, 1.82) is 0 Å². The fourth-order valence-corrected chi connectivity index (χ4v) is 2.76. The fraction of sp³-hybridized carbons (Fsp3) is 0.462. The summed E-state index contributed by atoms with van der Waals surface area (Å²) in [5.41, 5.74) is -0.361. The van der Waals surface area contributed by atoms with Gasteiger partial charge in [0.2, 0.25) is 12.9 Å². The predicted molar refractivity (Wildman–Crippen MR) is 60.8 cm³/mol. The zero-order valence-electron chi connectivity index (χ0n) is 9.74. The van der Waals surface area contributed by atoms with Gasteiger partial charge in [-0.15, -0.1) is 0 Å². The lowest BCUT2D eigenvalue weighted by Gasteiger charge is -2.23. The molecule has 1 aromatic rings. The van der Waals surface area contributed by atoms with Crippen molar-refractivity contribution >= 4 is 6.08 Å². The molecule has 1 heterocycles. The van der Waals surface area contributed by atoms with Gasteiger partial charge in [0.15, 0.2) is 11.5 Å². The molecule has 1 aliphatic carbocycles. The average molecular weight is 249 g/mol. The van der Waals surface area contributed by atoms with Gasteiger partial charge in [0.25, 0.3) is 0 Å². The van der Waals surface area contributed by atoms with Crippen LogP contribution in [-0.4, -0.2) is 12.9 Å². The molecular formula is C13H12FNO3. The first-order chi connectivity index (χ1) is 8.75. The van der Waals surface area contributed by atoms with Gasteiger partial charge < -0.3 is 9.47 Å². The highest BCUT2D eigenvalue weighted by molar-refractivity contribution is 5.49. The lowest BCUT2D eigenvalue weighted by atomic mass is 9.88. The maximum absolute atomic E-state index is 14.1. The van der Waals surface area contributed by atoms with Gasteiger partial charge in [0.1, 0.15) is 11.4 Å². The molecule has 4 nitrogen and oxygen atoms in total. The van der Waals surface area contributed by atoms with Gasteiger partial charge in [-0.1, -0.05) is 12.8 Å². The lowest BCUT2D eigenvalue weighted by Crippen LogP contribution is -2.20. The van der Waals surface area contributed by atoms with E-state index in [4.69, 9.17) is 9.47 Å². The van der Waals surface area contributed by atoms with Crippen LogP contribution in [0.2, 0.25) is 0 Å². The molecule has 18 heavy (non-hydrogen) atoms. The Hall–Kier alpha value is -1.87. The van der Waals surface area contributed by atoms with Crippen LogP contribution in [0.3, 0.4) is 0 Å². The first-order valence-corrected chi connectivity index (χ1v) is 5.94. The molecule has 1 aliphatic heterocycles. The summed E-state index contributed by atoms with van der Waals surface area (Å²) >= 11 is 0. The molecule has 0 spiro atoms. The third-order valence-electron chi connectivity index (χ3n) is 3.65. The third-order valence-corrected chi connectivity index (χ3v) is 3.65. The summed E-state index contributed by atoms with van der Waals surface area (Å²) in [7, 11) is 0. The van der Waals surface area contributed by atoms with E-state index in [0.717, 1.165) is 12.8 Å². The summed E-state index contributed by atoms with van der Waals surface area (Å²) < 4.78 is 24.5. The van der Waals surface area contributed by atoms with E-state index in [1.54, 1.807) is 12.1 Å². The summed E-state index contributed by atoms with van der Waals surface area (Å²) in [5, 5.41) is 0. The van der Waals surface area contributed by atoms with E-state index in [0.29, 0.717) is 29.9 Å². The van der Waals surface area contributed by atoms with E-state index in [9.17, 15) is 9.18 Å². The Morgan fingerprint density at radius 2 is 1.89 bits per heavy atom. The van der Waals surface area contributed by atoms with E-state index in [2.05, 4.69) is 4.99 Å². The van der Waals surface area contributed by atoms with Crippen molar-refractivity contribution in [3.8, 4) is 11.5 Å². The number of hydrogen-bond donors (Lipinski definition) is 0. The molecule has 3 rings (SSSR count). The number of halogens is 1. The van der Waals surface area contributed by atoms with Crippen LogP contribution in [0.1, 0.15) is 31.2 Å². The maximum atomic E-state index is 14.1. The molecule has 2 aliphatic rings. The minimum Gasteiger partial charge on any atom is -0.454 e. The second-order valence-corrected chi connectivity index (χ2v) is 4.63. The van der Waals surface area contributed by atoms with Crippen molar-refractivity contribution in [2.45, 2.75) is 31.2 Å². The number of hydrogen-bond acceptors (Lipinski definition) is 4. The van der Waals surface area contributed by atoms with Crippen molar-refractivity contribution in [1.82, 2.24) is 0 Å². The molecule has 0 unspecified atom stereocenters. The second-order valence-electron chi connectivity index (χ2n) is 4.63. The Morgan fingerprint density at radius 3 is 2.56 bits per heavy atom. The van der Waals surface area contributed by atoms with Crippen LogP contribution in [0.25, 0.3) is 0 Å². The van der Waals surface area contributed by atoms with Crippen molar-refractivity contribution in [2.24, 2.45) is 4.99 Å². The molecule has 0 radical (unpaired) electrons. The van der Waals surface area contributed by atoms with Crippen molar-refractivity contribution in [3.05, 3.63) is 23.5 Å². The van der Waals surface area contributed by atoms with E-state index in [-0.39, 0.29) is 6.79 Å². The molecule has 0 bridgehead atoms. The molecule has 0 aromatic heterocycles. The molecule has 1 saturated carbocycles. The normalized spacial score (nSPS) is 19.6. The van der Waals surface area contributed by atoms with Gasteiger partial charge in [0, 0.05) is 11.6 Å². The number of nitrogens with zero attached hydrogens (tertiary/aromatic N) is 1. The number of isocyanates is 1. The molecule has 0 saturated heterocycles. The minimum absolute atomic E-state index is 0.0994. The largest absolute Gasteiger partial charge is 0.454 e. The van der Waals surface area contributed by atoms with E-state index < -0.39 is 11.4 Å². The second kappa shape index (κ2) is 4.10. The van der Waals surface area contributed by atoms with Crippen LogP contribution < -0.4 is 9.47 Å². The van der Waals surface area contributed by atoms with Crippen LogP contribution >= 0.6 is 0 Å². The monoisotopic (exact) mass is 249 g/mol. The number of aliphatic imine (C=N–C) groups is 1. The first kappa shape index (κ1) is 11.2. The first-order valence-electron chi connectivity index (χ1n) is 5.94. The Labute approximate surface area is 103 Å². The van der Waals surface area contributed by atoms with Crippen molar-refractivity contribution in [2.75, 3.05) is 6.79 Å². The van der Waals surface area contributed by atoms with E-state index in [1.807, 2.05) is 0 Å². The highest BCUT2D eigenvalue weighted by Gasteiger charge is 2.39.